The van der Waals surface area contributed by atoms with Crippen molar-refractivity contribution in [3.05, 3.63) is 83.9 Å². The van der Waals surface area contributed by atoms with Crippen LogP contribution in [0.4, 0.5) is 11.4 Å². The Kier molecular flexibility index (Phi) is 5.50. The predicted molar refractivity (Wildman–Crippen MR) is 122 cm³/mol. The fourth-order valence-corrected chi connectivity index (χ4v) is 4.23. The molecule has 0 spiro atoms. The van der Waals surface area contributed by atoms with E-state index in [-0.39, 0.29) is 24.5 Å². The minimum absolute atomic E-state index is 0.0134. The largest absolute Gasteiger partial charge is 0.454 e. The summed E-state index contributed by atoms with van der Waals surface area (Å²) in [6, 6.07) is 23.2. The van der Waals surface area contributed by atoms with E-state index in [0.29, 0.717) is 31.6 Å². The molecule has 0 aromatic heterocycles. The van der Waals surface area contributed by atoms with Gasteiger partial charge < -0.3 is 19.7 Å². The summed E-state index contributed by atoms with van der Waals surface area (Å²) in [6.07, 6.45) is 1.45. The molecule has 0 saturated heterocycles. The number of amides is 2. The molecule has 6 heteroatoms. The summed E-state index contributed by atoms with van der Waals surface area (Å²) in [7, 11) is 0. The summed E-state index contributed by atoms with van der Waals surface area (Å²) in [5.74, 6) is 1.17. The van der Waals surface area contributed by atoms with E-state index in [1.54, 1.807) is 4.90 Å². The zero-order valence-electron chi connectivity index (χ0n) is 17.6. The Morgan fingerprint density at radius 3 is 2.62 bits per heavy atom. The summed E-state index contributed by atoms with van der Waals surface area (Å²) in [5, 5.41) is 2.97. The molecule has 1 N–H and O–H groups in total. The van der Waals surface area contributed by atoms with Crippen LogP contribution in [0.15, 0.2) is 72.8 Å². The highest BCUT2D eigenvalue weighted by Crippen LogP contribution is 2.33. The van der Waals surface area contributed by atoms with Crippen molar-refractivity contribution >= 4 is 23.2 Å². The van der Waals surface area contributed by atoms with Crippen LogP contribution in [0.2, 0.25) is 0 Å². The normalized spacial score (nSPS) is 16.2. The molecule has 3 aromatic rings. The van der Waals surface area contributed by atoms with Gasteiger partial charge in [0.25, 0.3) is 0 Å². The van der Waals surface area contributed by atoms with Crippen molar-refractivity contribution in [1.29, 1.82) is 0 Å². The topological polar surface area (TPSA) is 67.9 Å². The summed E-state index contributed by atoms with van der Waals surface area (Å²) in [4.78, 5) is 27.6. The summed E-state index contributed by atoms with van der Waals surface area (Å²) in [5.41, 5.74) is 3.77. The SMILES string of the molecule is O=C1Nc2ccccc2CC1CCC(=O)N(Cc1ccc2c(c1)OCO2)c1ccccc1. The lowest BCUT2D eigenvalue weighted by molar-refractivity contribution is -0.121. The number of nitrogens with zero attached hydrogens (tertiary/aromatic N) is 1. The first-order chi connectivity index (χ1) is 15.7. The van der Waals surface area contributed by atoms with E-state index in [4.69, 9.17) is 9.47 Å². The van der Waals surface area contributed by atoms with E-state index in [9.17, 15) is 9.59 Å². The maximum atomic E-state index is 13.3. The predicted octanol–water partition coefficient (Wildman–Crippen LogP) is 4.54. The van der Waals surface area contributed by atoms with Gasteiger partial charge in [-0.25, -0.2) is 0 Å². The number of fused-ring (bicyclic) bond motifs is 2. The number of benzene rings is 3. The highest BCUT2D eigenvalue weighted by Gasteiger charge is 2.27. The smallest absolute Gasteiger partial charge is 0.231 e. The quantitative estimate of drug-likeness (QED) is 0.626. The number of carbonyl (C=O) groups excluding carboxylic acids is 2. The third-order valence-electron chi connectivity index (χ3n) is 5.97. The van der Waals surface area contributed by atoms with Gasteiger partial charge in [0.15, 0.2) is 11.5 Å². The highest BCUT2D eigenvalue weighted by molar-refractivity contribution is 5.97. The molecule has 1 atom stereocenters. The third kappa shape index (κ3) is 4.17. The molecular formula is C26H24N2O4. The summed E-state index contributed by atoms with van der Waals surface area (Å²) >= 11 is 0. The zero-order chi connectivity index (χ0) is 21.9. The van der Waals surface area contributed by atoms with Crippen molar-refractivity contribution < 1.29 is 19.1 Å². The van der Waals surface area contributed by atoms with Crippen molar-refractivity contribution in [3.8, 4) is 11.5 Å². The first-order valence-corrected chi connectivity index (χ1v) is 10.8. The van der Waals surface area contributed by atoms with Gasteiger partial charge in [-0.3, -0.25) is 9.59 Å². The number of hydrogen-bond acceptors (Lipinski definition) is 4. The molecule has 2 amide bonds. The minimum Gasteiger partial charge on any atom is -0.454 e. The molecule has 0 aliphatic carbocycles. The highest BCUT2D eigenvalue weighted by atomic mass is 16.7. The van der Waals surface area contributed by atoms with Crippen LogP contribution in [0.3, 0.4) is 0 Å². The number of nitrogens with one attached hydrogen (secondary N) is 1. The van der Waals surface area contributed by atoms with Crippen molar-refractivity contribution in [2.75, 3.05) is 17.0 Å². The molecule has 0 saturated carbocycles. The van der Waals surface area contributed by atoms with Gasteiger partial charge in [0.05, 0.1) is 6.54 Å². The van der Waals surface area contributed by atoms with Crippen LogP contribution in [0.25, 0.3) is 0 Å². The van der Waals surface area contributed by atoms with Gasteiger partial charge in [-0.05, 0) is 54.3 Å². The van der Waals surface area contributed by atoms with Crippen molar-refractivity contribution in [1.82, 2.24) is 0 Å². The Hall–Kier alpha value is -3.80. The van der Waals surface area contributed by atoms with E-state index in [2.05, 4.69) is 5.32 Å². The fraction of sp³-hybridized carbons (Fsp3) is 0.231. The van der Waals surface area contributed by atoms with Crippen molar-refractivity contribution in [3.63, 3.8) is 0 Å². The molecule has 2 aliphatic rings. The van der Waals surface area contributed by atoms with E-state index < -0.39 is 0 Å². The number of anilines is 2. The molecule has 0 bridgehead atoms. The molecule has 6 nitrogen and oxygen atoms in total. The maximum absolute atomic E-state index is 13.3. The van der Waals surface area contributed by atoms with Crippen LogP contribution in [-0.2, 0) is 22.6 Å². The second-order valence-electron chi connectivity index (χ2n) is 8.09. The van der Waals surface area contributed by atoms with Gasteiger partial charge in [-0.1, -0.05) is 42.5 Å². The Labute approximate surface area is 186 Å². The van der Waals surface area contributed by atoms with Crippen LogP contribution in [0, 0.1) is 5.92 Å². The molecule has 5 rings (SSSR count). The molecule has 0 fully saturated rings. The van der Waals surface area contributed by atoms with Crippen molar-refractivity contribution in [2.24, 2.45) is 5.92 Å². The van der Waals surface area contributed by atoms with Gasteiger partial charge in [0.2, 0.25) is 18.6 Å². The molecule has 3 aromatic carbocycles. The number of hydrogen-bond donors (Lipinski definition) is 1. The van der Waals surface area contributed by atoms with Crippen LogP contribution >= 0.6 is 0 Å². The fourth-order valence-electron chi connectivity index (χ4n) is 4.23. The van der Waals surface area contributed by atoms with Gasteiger partial charge in [0, 0.05) is 23.7 Å². The van der Waals surface area contributed by atoms with Crippen LogP contribution in [0.1, 0.15) is 24.0 Å². The van der Waals surface area contributed by atoms with Crippen molar-refractivity contribution in [2.45, 2.75) is 25.8 Å². The van der Waals surface area contributed by atoms with E-state index in [1.165, 1.54) is 0 Å². The lowest BCUT2D eigenvalue weighted by atomic mass is 9.89. The average molecular weight is 428 g/mol. The van der Waals surface area contributed by atoms with Gasteiger partial charge in [0.1, 0.15) is 0 Å². The zero-order valence-corrected chi connectivity index (χ0v) is 17.6. The Bertz CT molecular complexity index is 1150. The van der Waals surface area contributed by atoms with Gasteiger partial charge >= 0.3 is 0 Å². The Morgan fingerprint density at radius 1 is 0.969 bits per heavy atom. The first kappa shape index (κ1) is 20.1. The minimum atomic E-state index is -0.211. The van der Waals surface area contributed by atoms with E-state index >= 15 is 0 Å². The standard InChI is InChI=1S/C26H24N2O4/c29-25(13-11-20-15-19-6-4-5-9-22(19)27-26(20)30)28(21-7-2-1-3-8-21)16-18-10-12-23-24(14-18)32-17-31-23/h1-10,12,14,20H,11,13,15-17H2,(H,27,30). The van der Waals surface area contributed by atoms with E-state index in [1.807, 2.05) is 72.8 Å². The maximum Gasteiger partial charge on any atom is 0.231 e. The monoisotopic (exact) mass is 428 g/mol. The second-order valence-corrected chi connectivity index (χ2v) is 8.09. The van der Waals surface area contributed by atoms with Gasteiger partial charge in [-0.2, -0.15) is 0 Å². The molecule has 162 valence electrons. The van der Waals surface area contributed by atoms with Crippen LogP contribution in [-0.4, -0.2) is 18.6 Å². The average Bonchev–Trinajstić information content (AvgIpc) is 3.29. The third-order valence-corrected chi connectivity index (χ3v) is 5.97. The number of ether oxygens (including phenoxy) is 2. The molecule has 2 aliphatic heterocycles. The molecular weight excluding hydrogens is 404 g/mol. The Morgan fingerprint density at radius 2 is 1.75 bits per heavy atom. The summed E-state index contributed by atoms with van der Waals surface area (Å²) in [6.45, 7) is 0.631. The molecule has 2 heterocycles. The number of carbonyl (C=O) groups is 2. The molecule has 0 radical (unpaired) electrons. The lowest BCUT2D eigenvalue weighted by Crippen LogP contribution is -2.33. The summed E-state index contributed by atoms with van der Waals surface area (Å²) < 4.78 is 10.9. The van der Waals surface area contributed by atoms with E-state index in [0.717, 1.165) is 28.3 Å². The van der Waals surface area contributed by atoms with Gasteiger partial charge in [-0.15, -0.1) is 0 Å². The van der Waals surface area contributed by atoms with Crippen LogP contribution < -0.4 is 19.7 Å². The lowest BCUT2D eigenvalue weighted by Gasteiger charge is -2.26. The molecule has 1 unspecified atom stereocenters. The molecule has 32 heavy (non-hydrogen) atoms. The second kappa shape index (κ2) is 8.75. The number of para-hydroxylation sites is 2. The van der Waals surface area contributed by atoms with Crippen LogP contribution in [0.5, 0.6) is 11.5 Å². The first-order valence-electron chi connectivity index (χ1n) is 10.8. The Balaban J connectivity index is 1.31. The number of rotatable bonds is 6.